The zero-order valence-corrected chi connectivity index (χ0v) is 24.2. The minimum Gasteiger partial charge on any atom is -0.358 e. The van der Waals surface area contributed by atoms with Gasteiger partial charge in [0.05, 0.1) is 45.9 Å². The number of aromatic nitrogens is 6. The molecule has 0 radical (unpaired) electrons. The van der Waals surface area contributed by atoms with Crippen LogP contribution in [0.3, 0.4) is 0 Å². The Balaban J connectivity index is 1.82. The van der Waals surface area contributed by atoms with Gasteiger partial charge in [-0.1, -0.05) is 6.92 Å². The number of halogens is 2. The molecule has 218 valence electrons. The number of sulfone groups is 1. The van der Waals surface area contributed by atoms with Crippen LogP contribution >= 0.6 is 0 Å². The Bertz CT molecular complexity index is 1730. The van der Waals surface area contributed by atoms with E-state index in [0.29, 0.717) is 17.0 Å². The monoisotopic (exact) mass is 587 g/mol. The lowest BCUT2D eigenvalue weighted by atomic mass is 10.1. The third-order valence-electron chi connectivity index (χ3n) is 6.80. The number of nitrogens with one attached hydrogen (secondary N) is 1. The molecule has 1 atom stereocenters. The van der Waals surface area contributed by atoms with Crippen molar-refractivity contribution < 1.29 is 17.2 Å². The van der Waals surface area contributed by atoms with Crippen LogP contribution in [0, 0.1) is 13.8 Å². The van der Waals surface area contributed by atoms with Crippen molar-refractivity contribution in [3.05, 3.63) is 44.9 Å². The molecule has 1 unspecified atom stereocenters. The molecule has 4 rings (SSSR count). The molecule has 0 spiro atoms. The fourth-order valence-corrected chi connectivity index (χ4v) is 4.82. The van der Waals surface area contributed by atoms with E-state index in [9.17, 15) is 22.0 Å². The Morgan fingerprint density at radius 2 is 1.93 bits per heavy atom. The van der Waals surface area contributed by atoms with E-state index >= 15 is 0 Å². The second-order valence-electron chi connectivity index (χ2n) is 9.71. The van der Waals surface area contributed by atoms with Gasteiger partial charge in [-0.05, 0) is 47.3 Å². The van der Waals surface area contributed by atoms with E-state index in [1.807, 2.05) is 0 Å². The van der Waals surface area contributed by atoms with Gasteiger partial charge in [-0.3, -0.25) is 9.36 Å². The quantitative estimate of drug-likeness (QED) is 0.275. The predicted octanol–water partition coefficient (Wildman–Crippen LogP) is 3.77. The lowest BCUT2D eigenvalue weighted by molar-refractivity contribution is 0.0916. The normalized spacial score (nSPS) is 15.4. The van der Waals surface area contributed by atoms with Gasteiger partial charge in [-0.25, -0.2) is 52.1 Å². The summed E-state index contributed by atoms with van der Waals surface area (Å²) in [5, 5.41) is 2.77. The third-order valence-corrected chi connectivity index (χ3v) is 8.65. The van der Waals surface area contributed by atoms with Gasteiger partial charge in [-0.15, -0.1) is 0 Å². The van der Waals surface area contributed by atoms with E-state index in [1.165, 1.54) is 27.1 Å². The number of amidine groups is 1. The summed E-state index contributed by atoms with van der Waals surface area (Å²) in [6.07, 6.45) is 1.67. The fraction of sp³-hybridized carbons (Fsp3) is 0.462. The molecule has 41 heavy (non-hydrogen) atoms. The molecule has 3 heterocycles. The van der Waals surface area contributed by atoms with Gasteiger partial charge in [0, 0.05) is 12.1 Å². The first-order chi connectivity index (χ1) is 19.4. The molecule has 12 nitrogen and oxygen atoms in total. The van der Waals surface area contributed by atoms with E-state index in [2.05, 4.69) is 46.9 Å². The molecule has 0 amide bonds. The van der Waals surface area contributed by atoms with Crippen LogP contribution in [0.4, 0.5) is 14.6 Å². The topological polar surface area (TPSA) is 157 Å². The average molecular weight is 588 g/mol. The zero-order chi connectivity index (χ0) is 30.1. The van der Waals surface area contributed by atoms with Crippen molar-refractivity contribution >= 4 is 39.4 Å². The van der Waals surface area contributed by atoms with Gasteiger partial charge in [0.25, 0.3) is 12.0 Å². The first-order valence-electron chi connectivity index (χ1n) is 13.0. The first kappa shape index (κ1) is 30.0. The molecule has 3 aromatic heterocycles. The van der Waals surface area contributed by atoms with Gasteiger partial charge < -0.3 is 5.32 Å². The Kier molecular flexibility index (Phi) is 8.66. The minimum atomic E-state index is -3.45. The maximum absolute atomic E-state index is 14.0. The van der Waals surface area contributed by atoms with Crippen molar-refractivity contribution in [2.75, 3.05) is 17.6 Å². The highest BCUT2D eigenvalue weighted by atomic mass is 32.2. The Labute approximate surface area is 235 Å². The van der Waals surface area contributed by atoms with E-state index in [-0.39, 0.29) is 51.8 Å². The highest BCUT2D eigenvalue weighted by molar-refractivity contribution is 7.95. The molecule has 1 aliphatic carbocycles. The molecule has 0 aromatic carbocycles. The van der Waals surface area contributed by atoms with Crippen LogP contribution < -0.4 is 10.9 Å². The average Bonchev–Trinajstić information content (AvgIpc) is 3.78. The molecule has 1 N–H and O–H groups in total. The minimum absolute atomic E-state index is 0.0329. The van der Waals surface area contributed by atoms with E-state index < -0.39 is 27.9 Å². The van der Waals surface area contributed by atoms with Crippen LogP contribution in [0.2, 0.25) is 0 Å². The highest BCUT2D eigenvalue weighted by Gasteiger charge is 2.31. The van der Waals surface area contributed by atoms with Crippen molar-refractivity contribution in [3.63, 3.8) is 0 Å². The maximum Gasteiger partial charge on any atom is 0.295 e. The standard InChI is InChI=1S/C26H31F2N9O3S/c1-7-41(39,40)13(2)10-30-18(29-6)11-31-24-26(38)37(16(5)22(27)28)25-20(35-24)15(4)34-23(36-25)19-14(3)32-12-33-21(19)17-8-9-17/h10,12,16-17,22H,6-9,11H2,1-5H3,(H,31,35)/b13-10+,30-18?. The van der Waals surface area contributed by atoms with Crippen LogP contribution in [0.5, 0.6) is 0 Å². The fourth-order valence-electron chi connectivity index (χ4n) is 4.15. The second kappa shape index (κ2) is 11.8. The zero-order valence-electron chi connectivity index (χ0n) is 23.4. The number of rotatable bonds is 10. The third kappa shape index (κ3) is 6.19. The largest absolute Gasteiger partial charge is 0.358 e. The molecular weight excluding hydrogens is 556 g/mol. The summed E-state index contributed by atoms with van der Waals surface area (Å²) in [6.45, 7) is 10.8. The molecule has 0 aliphatic heterocycles. The molecule has 1 aliphatic rings. The number of nitrogens with zero attached hydrogens (tertiary/aromatic N) is 8. The van der Waals surface area contributed by atoms with E-state index in [1.54, 1.807) is 13.8 Å². The predicted molar refractivity (Wildman–Crippen MR) is 153 cm³/mol. The lowest BCUT2D eigenvalue weighted by Gasteiger charge is -2.19. The van der Waals surface area contributed by atoms with Crippen molar-refractivity contribution in [3.8, 4) is 11.4 Å². The Hall–Kier alpha value is -4.01. The maximum atomic E-state index is 14.0. The second-order valence-corrected chi connectivity index (χ2v) is 12.2. The van der Waals surface area contributed by atoms with Crippen LogP contribution in [0.1, 0.15) is 62.7 Å². The van der Waals surface area contributed by atoms with Gasteiger partial charge in [0.15, 0.2) is 27.1 Å². The number of hydrogen-bond donors (Lipinski definition) is 1. The van der Waals surface area contributed by atoms with Gasteiger partial charge in [0.2, 0.25) is 0 Å². The number of aliphatic imine (C=N–C) groups is 2. The molecule has 1 fully saturated rings. The molecule has 0 bridgehead atoms. The summed E-state index contributed by atoms with van der Waals surface area (Å²) < 4.78 is 52.9. The highest BCUT2D eigenvalue weighted by Crippen LogP contribution is 2.43. The summed E-state index contributed by atoms with van der Waals surface area (Å²) in [7, 11) is -3.45. The van der Waals surface area contributed by atoms with Crippen LogP contribution in [0.15, 0.2) is 32.2 Å². The summed E-state index contributed by atoms with van der Waals surface area (Å²) in [5.74, 6) is 0.196. The Morgan fingerprint density at radius 3 is 2.54 bits per heavy atom. The smallest absolute Gasteiger partial charge is 0.295 e. The number of anilines is 1. The molecule has 3 aromatic rings. The summed E-state index contributed by atoms with van der Waals surface area (Å²) in [5.41, 5.74) is 1.70. The lowest BCUT2D eigenvalue weighted by Crippen LogP contribution is -2.32. The van der Waals surface area contributed by atoms with Crippen LogP contribution in [-0.4, -0.2) is 69.2 Å². The van der Waals surface area contributed by atoms with Gasteiger partial charge >= 0.3 is 0 Å². The van der Waals surface area contributed by atoms with E-state index in [0.717, 1.165) is 29.3 Å². The van der Waals surface area contributed by atoms with Crippen LogP contribution in [-0.2, 0) is 9.84 Å². The van der Waals surface area contributed by atoms with Gasteiger partial charge in [-0.2, -0.15) is 0 Å². The van der Waals surface area contributed by atoms with Crippen molar-refractivity contribution in [1.82, 2.24) is 29.5 Å². The van der Waals surface area contributed by atoms with Gasteiger partial charge in [0.1, 0.15) is 17.7 Å². The summed E-state index contributed by atoms with van der Waals surface area (Å²) >= 11 is 0. The molecule has 1 saturated carbocycles. The Morgan fingerprint density at radius 1 is 1.22 bits per heavy atom. The first-order valence-corrected chi connectivity index (χ1v) is 14.6. The molecular formula is C26H31F2N9O3S. The molecule has 0 saturated heterocycles. The number of hydrogen-bond acceptors (Lipinski definition) is 10. The number of aryl methyl sites for hydroxylation is 2. The van der Waals surface area contributed by atoms with Crippen molar-refractivity contribution in [2.45, 2.75) is 65.8 Å². The van der Waals surface area contributed by atoms with E-state index in [4.69, 9.17) is 0 Å². The number of alkyl halides is 2. The van der Waals surface area contributed by atoms with Crippen molar-refractivity contribution in [2.24, 2.45) is 9.98 Å². The SMILES string of the molecule is C=NC(CNc1nc2c(C)nc(-c3c(C)ncnc3C3CC3)nc2n(C(C)C(F)F)c1=O)=N/C=C(\C)S(=O)(=O)CC. The summed E-state index contributed by atoms with van der Waals surface area (Å²) in [6, 6.07) is -1.54. The molecule has 15 heteroatoms. The number of allylic oxidation sites excluding steroid dienone is 1. The van der Waals surface area contributed by atoms with Crippen molar-refractivity contribution in [1.29, 1.82) is 0 Å². The van der Waals surface area contributed by atoms with Crippen LogP contribution in [0.25, 0.3) is 22.6 Å². The summed E-state index contributed by atoms with van der Waals surface area (Å²) in [4.78, 5) is 43.6. The number of fused-ring (bicyclic) bond motifs is 1.